The zero-order chi connectivity index (χ0) is 11.5. The molecule has 3 heteroatoms. The molecule has 0 spiro atoms. The molecule has 2 atom stereocenters. The van der Waals surface area contributed by atoms with Crippen molar-refractivity contribution in [1.82, 2.24) is 0 Å². The van der Waals surface area contributed by atoms with E-state index in [1.807, 2.05) is 6.92 Å². The van der Waals surface area contributed by atoms with Gasteiger partial charge in [-0.05, 0) is 25.7 Å². The molecule has 0 radical (unpaired) electrons. The van der Waals surface area contributed by atoms with Gasteiger partial charge in [0.25, 0.3) is 0 Å². The molecule has 0 N–H and O–H groups in total. The van der Waals surface area contributed by atoms with Gasteiger partial charge in [-0.2, -0.15) is 15.8 Å². The summed E-state index contributed by atoms with van der Waals surface area (Å²) in [4.78, 5) is 0. The minimum Gasteiger partial charge on any atom is -0.198 e. The van der Waals surface area contributed by atoms with E-state index in [9.17, 15) is 15.8 Å². The molecular formula is C12H15N3. The van der Waals surface area contributed by atoms with Gasteiger partial charge in [0.1, 0.15) is 0 Å². The molecular weight excluding hydrogens is 186 g/mol. The molecule has 2 unspecified atom stereocenters. The Morgan fingerprint density at radius 2 is 1.67 bits per heavy atom. The maximum absolute atomic E-state index is 9.29. The minimum absolute atomic E-state index is 0.101. The molecule has 78 valence electrons. The lowest BCUT2D eigenvalue weighted by atomic mass is 9.60. The Balaban J connectivity index is 3.30. The van der Waals surface area contributed by atoms with Gasteiger partial charge in [0.05, 0.1) is 23.6 Å². The second kappa shape index (κ2) is 3.92. The summed E-state index contributed by atoms with van der Waals surface area (Å²) in [6, 6.07) is 6.41. The van der Waals surface area contributed by atoms with Crippen LogP contribution in [0.15, 0.2) is 0 Å². The van der Waals surface area contributed by atoms with E-state index in [1.54, 1.807) is 6.92 Å². The zero-order valence-corrected chi connectivity index (χ0v) is 9.25. The van der Waals surface area contributed by atoms with E-state index >= 15 is 0 Å². The lowest BCUT2D eigenvalue weighted by Gasteiger charge is -2.36. The molecule has 0 aromatic rings. The van der Waals surface area contributed by atoms with Gasteiger partial charge < -0.3 is 0 Å². The summed E-state index contributed by atoms with van der Waals surface area (Å²) >= 11 is 0. The van der Waals surface area contributed by atoms with Gasteiger partial charge in [0.2, 0.25) is 0 Å². The second-order valence-corrected chi connectivity index (χ2v) is 4.59. The first-order valence-electron chi connectivity index (χ1n) is 5.30. The Labute approximate surface area is 90.9 Å². The molecule has 15 heavy (non-hydrogen) atoms. The maximum atomic E-state index is 9.29. The number of hydrogen-bond donors (Lipinski definition) is 0. The lowest BCUT2D eigenvalue weighted by Crippen LogP contribution is -2.40. The van der Waals surface area contributed by atoms with Crippen LogP contribution in [0.2, 0.25) is 0 Å². The summed E-state index contributed by atoms with van der Waals surface area (Å²) in [6.45, 7) is 3.73. The van der Waals surface area contributed by atoms with Crippen molar-refractivity contribution >= 4 is 0 Å². The summed E-state index contributed by atoms with van der Waals surface area (Å²) in [5, 5.41) is 27.7. The number of nitriles is 3. The van der Waals surface area contributed by atoms with Crippen molar-refractivity contribution in [2.75, 3.05) is 0 Å². The van der Waals surface area contributed by atoms with Crippen LogP contribution >= 0.6 is 0 Å². The summed E-state index contributed by atoms with van der Waals surface area (Å²) in [7, 11) is 0. The molecule has 3 nitrogen and oxygen atoms in total. The van der Waals surface area contributed by atoms with Gasteiger partial charge in [-0.3, -0.25) is 0 Å². The second-order valence-electron chi connectivity index (χ2n) is 4.59. The molecule has 0 aliphatic heterocycles. The Hall–Kier alpha value is -1.53. The normalized spacial score (nSPS) is 34.2. The average molecular weight is 201 g/mol. The predicted molar refractivity (Wildman–Crippen MR) is 55.0 cm³/mol. The third-order valence-electron chi connectivity index (χ3n) is 3.93. The van der Waals surface area contributed by atoms with E-state index < -0.39 is 10.8 Å². The van der Waals surface area contributed by atoms with E-state index in [2.05, 4.69) is 18.2 Å². The van der Waals surface area contributed by atoms with Crippen LogP contribution in [0.5, 0.6) is 0 Å². The standard InChI is InChI=1S/C12H15N3/c1-10-5-3-4-6-12(8-14,9-15)11(10,2)7-13/h10H,3-6H2,1-2H3. The molecule has 1 saturated carbocycles. The van der Waals surface area contributed by atoms with Gasteiger partial charge in [-0.1, -0.05) is 19.8 Å². The molecule has 0 heterocycles. The monoisotopic (exact) mass is 201 g/mol. The van der Waals surface area contributed by atoms with Gasteiger partial charge in [-0.15, -0.1) is 0 Å². The third kappa shape index (κ3) is 1.47. The van der Waals surface area contributed by atoms with Gasteiger partial charge in [-0.25, -0.2) is 0 Å². The van der Waals surface area contributed by atoms with Crippen LogP contribution in [0.25, 0.3) is 0 Å². The summed E-state index contributed by atoms with van der Waals surface area (Å²) < 4.78 is 0. The quantitative estimate of drug-likeness (QED) is 0.566. The van der Waals surface area contributed by atoms with E-state index in [4.69, 9.17) is 0 Å². The highest BCUT2D eigenvalue weighted by molar-refractivity contribution is 5.27. The van der Waals surface area contributed by atoms with Crippen molar-refractivity contribution in [2.24, 2.45) is 16.7 Å². The molecule has 0 aromatic heterocycles. The number of hydrogen-bond acceptors (Lipinski definition) is 3. The van der Waals surface area contributed by atoms with Crippen LogP contribution in [-0.2, 0) is 0 Å². The number of nitrogens with zero attached hydrogens (tertiary/aromatic N) is 3. The Bertz CT molecular complexity index is 352. The van der Waals surface area contributed by atoms with E-state index in [0.717, 1.165) is 19.3 Å². The van der Waals surface area contributed by atoms with Crippen LogP contribution in [0.1, 0.15) is 39.5 Å². The van der Waals surface area contributed by atoms with Crippen molar-refractivity contribution in [3.8, 4) is 18.2 Å². The van der Waals surface area contributed by atoms with Crippen LogP contribution in [0.4, 0.5) is 0 Å². The van der Waals surface area contributed by atoms with Crippen LogP contribution in [0.3, 0.4) is 0 Å². The third-order valence-corrected chi connectivity index (χ3v) is 3.93. The average Bonchev–Trinajstić information content (AvgIpc) is 2.39. The fraction of sp³-hybridized carbons (Fsp3) is 0.750. The predicted octanol–water partition coefficient (Wildman–Crippen LogP) is 2.76. The largest absolute Gasteiger partial charge is 0.198 e. The van der Waals surface area contributed by atoms with E-state index in [0.29, 0.717) is 6.42 Å². The van der Waals surface area contributed by atoms with Crippen molar-refractivity contribution < 1.29 is 0 Å². The number of rotatable bonds is 0. The lowest BCUT2D eigenvalue weighted by molar-refractivity contribution is 0.162. The van der Waals surface area contributed by atoms with Crippen molar-refractivity contribution in [2.45, 2.75) is 39.5 Å². The molecule has 1 aliphatic rings. The Morgan fingerprint density at radius 3 is 2.13 bits per heavy atom. The highest BCUT2D eigenvalue weighted by atomic mass is 14.6. The topological polar surface area (TPSA) is 71.4 Å². The fourth-order valence-corrected chi connectivity index (χ4v) is 2.38. The van der Waals surface area contributed by atoms with Gasteiger partial charge in [0.15, 0.2) is 5.41 Å². The van der Waals surface area contributed by atoms with Gasteiger partial charge in [0, 0.05) is 0 Å². The zero-order valence-electron chi connectivity index (χ0n) is 9.25. The molecule has 0 amide bonds. The maximum Gasteiger partial charge on any atom is 0.162 e. The molecule has 1 fully saturated rings. The first-order valence-corrected chi connectivity index (χ1v) is 5.30. The van der Waals surface area contributed by atoms with Crippen LogP contribution in [-0.4, -0.2) is 0 Å². The van der Waals surface area contributed by atoms with Crippen LogP contribution < -0.4 is 0 Å². The summed E-state index contributed by atoms with van der Waals surface area (Å²) in [5.74, 6) is 0.101. The highest BCUT2D eigenvalue weighted by Crippen LogP contribution is 2.51. The summed E-state index contributed by atoms with van der Waals surface area (Å²) in [5.41, 5.74) is -1.97. The first kappa shape index (κ1) is 11.5. The van der Waals surface area contributed by atoms with Gasteiger partial charge >= 0.3 is 0 Å². The van der Waals surface area contributed by atoms with E-state index in [1.165, 1.54) is 0 Å². The fourth-order valence-electron chi connectivity index (χ4n) is 2.38. The van der Waals surface area contributed by atoms with Crippen LogP contribution in [0, 0.1) is 50.7 Å². The van der Waals surface area contributed by atoms with Crippen molar-refractivity contribution in [1.29, 1.82) is 15.8 Å². The van der Waals surface area contributed by atoms with Crippen molar-refractivity contribution in [3.63, 3.8) is 0 Å². The smallest absolute Gasteiger partial charge is 0.162 e. The molecule has 0 bridgehead atoms. The summed E-state index contributed by atoms with van der Waals surface area (Å²) in [6.07, 6.45) is 3.32. The highest BCUT2D eigenvalue weighted by Gasteiger charge is 2.53. The SMILES string of the molecule is CC1CCCCC(C#N)(C#N)C1(C)C#N. The molecule has 1 aliphatic carbocycles. The Kier molecular flexibility index (Phi) is 3.01. The molecule has 1 rings (SSSR count). The van der Waals surface area contributed by atoms with E-state index in [-0.39, 0.29) is 5.92 Å². The minimum atomic E-state index is -1.13. The Morgan fingerprint density at radius 1 is 1.07 bits per heavy atom. The first-order chi connectivity index (χ1) is 7.06. The molecule has 0 aromatic carbocycles. The van der Waals surface area contributed by atoms with Crippen molar-refractivity contribution in [3.05, 3.63) is 0 Å². The molecule has 0 saturated heterocycles.